The van der Waals surface area contributed by atoms with Gasteiger partial charge in [-0.05, 0) is 20.2 Å². The van der Waals surface area contributed by atoms with Crippen molar-refractivity contribution in [2.45, 2.75) is 25.1 Å². The maximum Gasteiger partial charge on any atom is 0.227 e. The second-order valence-corrected chi connectivity index (χ2v) is 7.05. The third kappa shape index (κ3) is 3.22. The van der Waals surface area contributed by atoms with Gasteiger partial charge in [-0.25, -0.2) is 4.98 Å². The summed E-state index contributed by atoms with van der Waals surface area (Å²) in [7, 11) is 5.97. The van der Waals surface area contributed by atoms with E-state index < -0.39 is 0 Å². The van der Waals surface area contributed by atoms with Crippen molar-refractivity contribution in [1.82, 2.24) is 24.8 Å². The van der Waals surface area contributed by atoms with Crippen molar-refractivity contribution in [3.8, 4) is 0 Å². The molecule has 0 bridgehead atoms. The van der Waals surface area contributed by atoms with Crippen LogP contribution in [0.3, 0.4) is 0 Å². The van der Waals surface area contributed by atoms with Crippen molar-refractivity contribution >= 4 is 11.8 Å². The first-order chi connectivity index (χ1) is 12.7. The molecule has 1 saturated heterocycles. The zero-order valence-electron chi connectivity index (χ0n) is 15.5. The van der Waals surface area contributed by atoms with Gasteiger partial charge in [0, 0.05) is 51.8 Å². The van der Waals surface area contributed by atoms with E-state index in [-0.39, 0.29) is 6.10 Å². The summed E-state index contributed by atoms with van der Waals surface area (Å²) in [5, 5.41) is 0. The molecule has 2 aliphatic heterocycles. The van der Waals surface area contributed by atoms with E-state index in [4.69, 9.17) is 9.72 Å². The van der Waals surface area contributed by atoms with E-state index in [2.05, 4.69) is 43.7 Å². The molecule has 2 aliphatic rings. The van der Waals surface area contributed by atoms with E-state index in [0.717, 1.165) is 49.2 Å². The second kappa shape index (κ2) is 7.13. The second-order valence-electron chi connectivity index (χ2n) is 7.05. The fourth-order valence-electron chi connectivity index (χ4n) is 3.75. The summed E-state index contributed by atoms with van der Waals surface area (Å²) in [4.78, 5) is 24.9. The van der Waals surface area contributed by atoms with Crippen molar-refractivity contribution in [3.63, 3.8) is 0 Å². The zero-order chi connectivity index (χ0) is 18.1. The minimum absolute atomic E-state index is 0.181. The summed E-state index contributed by atoms with van der Waals surface area (Å²) in [6.07, 6.45) is 6.40. The summed E-state index contributed by atoms with van der Waals surface area (Å²) in [5.74, 6) is 1.70. The van der Waals surface area contributed by atoms with Gasteiger partial charge in [-0.15, -0.1) is 0 Å². The molecule has 138 valence electrons. The van der Waals surface area contributed by atoms with Crippen LogP contribution in [0.2, 0.25) is 0 Å². The molecular weight excluding hydrogens is 330 g/mol. The highest BCUT2D eigenvalue weighted by atomic mass is 16.5. The van der Waals surface area contributed by atoms with Crippen molar-refractivity contribution in [3.05, 3.63) is 36.0 Å². The smallest absolute Gasteiger partial charge is 0.227 e. The third-order valence-corrected chi connectivity index (χ3v) is 5.26. The number of likely N-dealkylation sites (N-methyl/N-ethyl adjacent to an activating group) is 1. The average molecular weight is 355 g/mol. The Hall–Kier alpha value is -2.32. The number of hydrogen-bond acceptors (Lipinski definition) is 8. The molecule has 2 atom stereocenters. The molecule has 26 heavy (non-hydrogen) atoms. The van der Waals surface area contributed by atoms with Gasteiger partial charge in [0.1, 0.15) is 5.82 Å². The summed E-state index contributed by atoms with van der Waals surface area (Å²) in [5.41, 5.74) is 2.09. The summed E-state index contributed by atoms with van der Waals surface area (Å²) >= 11 is 0. The fraction of sp³-hybridized carbons (Fsp3) is 0.556. The zero-order valence-corrected chi connectivity index (χ0v) is 15.5. The number of nitrogens with zero attached hydrogens (tertiary/aromatic N) is 7. The van der Waals surface area contributed by atoms with Crippen LogP contribution in [0.25, 0.3) is 0 Å². The van der Waals surface area contributed by atoms with Crippen LogP contribution in [0, 0.1) is 0 Å². The van der Waals surface area contributed by atoms with Gasteiger partial charge in [0.25, 0.3) is 0 Å². The van der Waals surface area contributed by atoms with Crippen molar-refractivity contribution in [2.75, 3.05) is 50.6 Å². The van der Waals surface area contributed by atoms with Gasteiger partial charge in [-0.2, -0.15) is 4.98 Å². The van der Waals surface area contributed by atoms with Crippen LogP contribution in [-0.4, -0.2) is 77.8 Å². The highest BCUT2D eigenvalue weighted by molar-refractivity contribution is 5.46. The Bertz CT molecular complexity index is 769. The Labute approximate surface area is 153 Å². The molecule has 8 heteroatoms. The molecule has 0 aromatic carbocycles. The first-order valence-electron chi connectivity index (χ1n) is 8.96. The largest absolute Gasteiger partial charge is 0.378 e. The lowest BCUT2D eigenvalue weighted by Crippen LogP contribution is -2.39. The first kappa shape index (κ1) is 17.1. The topological polar surface area (TPSA) is 70.5 Å². The molecule has 4 rings (SSSR count). The Morgan fingerprint density at radius 2 is 1.85 bits per heavy atom. The fourth-order valence-corrected chi connectivity index (χ4v) is 3.75. The number of rotatable bonds is 4. The molecule has 0 N–H and O–H groups in total. The number of ether oxygens (including phenoxy) is 1. The number of hydrogen-bond donors (Lipinski definition) is 0. The van der Waals surface area contributed by atoms with E-state index in [9.17, 15) is 0 Å². The van der Waals surface area contributed by atoms with E-state index in [0.29, 0.717) is 12.6 Å². The van der Waals surface area contributed by atoms with Gasteiger partial charge in [0.05, 0.1) is 30.1 Å². The normalized spacial score (nSPS) is 22.8. The minimum atomic E-state index is 0.181. The molecular formula is C18H25N7O. The number of fused-ring (bicyclic) bond motifs is 1. The standard InChI is InChI=1S/C18H25N7O/c1-23(2)15-11-25(12-16(15)26-3)17-4-6-21-18(22-17)24-9-5-13-14(10-24)20-8-7-19-13/h4,6-8,15-16H,5,9-12H2,1-3H3/t15-,16+/m0/s1. The van der Waals surface area contributed by atoms with Gasteiger partial charge < -0.3 is 19.4 Å². The quantitative estimate of drug-likeness (QED) is 0.789. The van der Waals surface area contributed by atoms with Gasteiger partial charge in [0.15, 0.2) is 0 Å². The lowest BCUT2D eigenvalue weighted by atomic mass is 10.1. The molecule has 0 saturated carbocycles. The Morgan fingerprint density at radius 1 is 1.04 bits per heavy atom. The van der Waals surface area contributed by atoms with Gasteiger partial charge in [-0.3, -0.25) is 9.97 Å². The van der Waals surface area contributed by atoms with E-state index >= 15 is 0 Å². The van der Waals surface area contributed by atoms with Crippen LogP contribution >= 0.6 is 0 Å². The minimum Gasteiger partial charge on any atom is -0.378 e. The predicted octanol–water partition coefficient (Wildman–Crippen LogP) is 0.595. The maximum absolute atomic E-state index is 5.67. The summed E-state index contributed by atoms with van der Waals surface area (Å²) in [6.45, 7) is 3.30. The highest BCUT2D eigenvalue weighted by Crippen LogP contribution is 2.25. The van der Waals surface area contributed by atoms with Crippen molar-refractivity contribution < 1.29 is 4.74 Å². The number of aromatic nitrogens is 4. The molecule has 0 spiro atoms. The van der Waals surface area contributed by atoms with E-state index in [1.165, 1.54) is 0 Å². The lowest BCUT2D eigenvalue weighted by Gasteiger charge is -2.28. The van der Waals surface area contributed by atoms with Crippen molar-refractivity contribution in [2.24, 2.45) is 0 Å². The molecule has 2 aromatic heterocycles. The lowest BCUT2D eigenvalue weighted by molar-refractivity contribution is 0.0639. The summed E-state index contributed by atoms with van der Waals surface area (Å²) < 4.78 is 5.67. The number of methoxy groups -OCH3 is 1. The molecule has 4 heterocycles. The monoisotopic (exact) mass is 355 g/mol. The molecule has 0 amide bonds. The Kier molecular flexibility index (Phi) is 4.69. The van der Waals surface area contributed by atoms with Gasteiger partial charge in [0.2, 0.25) is 5.95 Å². The molecule has 1 fully saturated rings. The van der Waals surface area contributed by atoms with Gasteiger partial charge in [-0.1, -0.05) is 0 Å². The SMILES string of the molecule is CO[C@@H]1CN(c2ccnc(N3CCc4nccnc4C3)n2)C[C@@H]1N(C)C. The van der Waals surface area contributed by atoms with Crippen LogP contribution in [0.1, 0.15) is 11.4 Å². The van der Waals surface area contributed by atoms with Crippen LogP contribution < -0.4 is 9.80 Å². The average Bonchev–Trinajstić information content (AvgIpc) is 3.12. The van der Waals surface area contributed by atoms with Gasteiger partial charge >= 0.3 is 0 Å². The van der Waals surface area contributed by atoms with Crippen LogP contribution in [-0.2, 0) is 17.7 Å². The predicted molar refractivity (Wildman–Crippen MR) is 99.3 cm³/mol. The maximum atomic E-state index is 5.67. The molecule has 0 aliphatic carbocycles. The van der Waals surface area contributed by atoms with Crippen LogP contribution in [0.15, 0.2) is 24.7 Å². The van der Waals surface area contributed by atoms with E-state index in [1.807, 2.05) is 12.3 Å². The molecule has 8 nitrogen and oxygen atoms in total. The number of anilines is 2. The van der Waals surface area contributed by atoms with Crippen LogP contribution in [0.5, 0.6) is 0 Å². The first-order valence-corrected chi connectivity index (χ1v) is 8.96. The Morgan fingerprint density at radius 3 is 2.58 bits per heavy atom. The summed E-state index contributed by atoms with van der Waals surface area (Å²) in [6, 6.07) is 2.34. The molecule has 0 radical (unpaired) electrons. The van der Waals surface area contributed by atoms with Crippen molar-refractivity contribution in [1.29, 1.82) is 0 Å². The third-order valence-electron chi connectivity index (χ3n) is 5.26. The molecule has 0 unspecified atom stereocenters. The highest BCUT2D eigenvalue weighted by Gasteiger charge is 2.35. The Balaban J connectivity index is 1.53. The van der Waals surface area contributed by atoms with E-state index in [1.54, 1.807) is 19.5 Å². The molecule has 2 aromatic rings. The van der Waals surface area contributed by atoms with Crippen LogP contribution in [0.4, 0.5) is 11.8 Å².